The molecule has 1 aromatic carbocycles. The Kier molecular flexibility index (Phi) is 4.76. The molecule has 1 aliphatic heterocycles. The summed E-state index contributed by atoms with van der Waals surface area (Å²) in [6.07, 6.45) is 5.74. The van der Waals surface area contributed by atoms with Gasteiger partial charge in [-0.15, -0.1) is 0 Å². The molecule has 1 heterocycles. The Balaban J connectivity index is 2.25. The Labute approximate surface area is 116 Å². The molecule has 0 saturated carbocycles. The van der Waals surface area contributed by atoms with Crippen LogP contribution in [0.15, 0.2) is 30.3 Å². The lowest BCUT2D eigenvalue weighted by molar-refractivity contribution is 0.0485. The quantitative estimate of drug-likeness (QED) is 0.747. The molecule has 1 aliphatic rings. The molecule has 0 N–H and O–H groups in total. The normalized spacial score (nSPS) is 19.9. The van der Waals surface area contributed by atoms with Gasteiger partial charge in [-0.1, -0.05) is 50.1 Å². The number of carbonyl (C=O) groups is 1. The van der Waals surface area contributed by atoms with Crippen LogP contribution in [0.4, 0.5) is 0 Å². The second kappa shape index (κ2) is 6.33. The number of ketones is 1. The van der Waals surface area contributed by atoms with E-state index >= 15 is 0 Å². The summed E-state index contributed by atoms with van der Waals surface area (Å²) < 4.78 is 0. The van der Waals surface area contributed by atoms with E-state index in [0.29, 0.717) is 0 Å². The monoisotopic (exact) mass is 259 g/mol. The van der Waals surface area contributed by atoms with E-state index in [4.69, 9.17) is 0 Å². The number of Topliss-reactive ketones (excluding diaryl/α,β-unsaturated/α-hetero) is 1. The van der Waals surface area contributed by atoms with Crippen LogP contribution in [0.2, 0.25) is 0 Å². The van der Waals surface area contributed by atoms with E-state index < -0.39 is 0 Å². The minimum atomic E-state index is -0.323. The topological polar surface area (TPSA) is 20.3 Å². The van der Waals surface area contributed by atoms with Gasteiger partial charge in [-0.3, -0.25) is 9.69 Å². The van der Waals surface area contributed by atoms with Gasteiger partial charge in [0.2, 0.25) is 0 Å². The molecule has 1 fully saturated rings. The van der Waals surface area contributed by atoms with Gasteiger partial charge in [0.05, 0.1) is 5.54 Å². The molecule has 104 valence electrons. The van der Waals surface area contributed by atoms with Crippen LogP contribution >= 0.6 is 0 Å². The molecular weight excluding hydrogens is 234 g/mol. The maximum atomic E-state index is 12.9. The van der Waals surface area contributed by atoms with Crippen LogP contribution < -0.4 is 0 Å². The van der Waals surface area contributed by atoms with E-state index in [1.807, 2.05) is 30.3 Å². The number of likely N-dealkylation sites (tertiary alicyclic amines) is 1. The molecule has 0 bridgehead atoms. The van der Waals surface area contributed by atoms with Gasteiger partial charge in [0.25, 0.3) is 0 Å². The van der Waals surface area contributed by atoms with Gasteiger partial charge >= 0.3 is 0 Å². The zero-order valence-corrected chi connectivity index (χ0v) is 12.2. The third-order valence-electron chi connectivity index (χ3n) is 4.32. The van der Waals surface area contributed by atoms with Gasteiger partial charge < -0.3 is 0 Å². The van der Waals surface area contributed by atoms with E-state index in [2.05, 4.69) is 18.7 Å². The van der Waals surface area contributed by atoms with Gasteiger partial charge in [-0.05, 0) is 39.3 Å². The Morgan fingerprint density at radius 2 is 1.79 bits per heavy atom. The SMILES string of the molecule is CCC[C@](C)(C(=O)c1ccccc1)N1CCCCC1. The van der Waals surface area contributed by atoms with Gasteiger partial charge in [-0.2, -0.15) is 0 Å². The molecule has 0 aliphatic carbocycles. The number of benzene rings is 1. The summed E-state index contributed by atoms with van der Waals surface area (Å²) in [5.74, 6) is 0.289. The van der Waals surface area contributed by atoms with Crippen molar-refractivity contribution in [2.45, 2.75) is 51.5 Å². The summed E-state index contributed by atoms with van der Waals surface area (Å²) >= 11 is 0. The van der Waals surface area contributed by atoms with Crippen molar-refractivity contribution in [1.29, 1.82) is 0 Å². The first-order valence-electron chi connectivity index (χ1n) is 7.53. The molecule has 2 rings (SSSR count). The molecule has 19 heavy (non-hydrogen) atoms. The Hall–Kier alpha value is -1.15. The highest BCUT2D eigenvalue weighted by Gasteiger charge is 2.39. The Morgan fingerprint density at radius 1 is 1.16 bits per heavy atom. The van der Waals surface area contributed by atoms with Gasteiger partial charge in [0.1, 0.15) is 0 Å². The van der Waals surface area contributed by atoms with Gasteiger partial charge in [0.15, 0.2) is 5.78 Å². The lowest BCUT2D eigenvalue weighted by atomic mass is 9.84. The predicted molar refractivity (Wildman–Crippen MR) is 79.5 cm³/mol. The molecule has 2 heteroatoms. The van der Waals surface area contributed by atoms with E-state index in [1.165, 1.54) is 19.3 Å². The fourth-order valence-electron chi connectivity index (χ4n) is 3.19. The molecule has 0 radical (unpaired) electrons. The molecular formula is C17H25NO. The van der Waals surface area contributed by atoms with Crippen LogP contribution in [0.25, 0.3) is 0 Å². The number of carbonyl (C=O) groups excluding carboxylic acids is 1. The lowest BCUT2D eigenvalue weighted by Crippen LogP contribution is -2.54. The molecule has 0 amide bonds. The summed E-state index contributed by atoms with van der Waals surface area (Å²) in [7, 11) is 0. The van der Waals surface area contributed by atoms with Crippen molar-refractivity contribution in [3.05, 3.63) is 35.9 Å². The van der Waals surface area contributed by atoms with Crippen molar-refractivity contribution < 1.29 is 4.79 Å². The zero-order chi connectivity index (χ0) is 13.7. The predicted octanol–water partition coefficient (Wildman–Crippen LogP) is 3.91. The molecule has 1 saturated heterocycles. The highest BCUT2D eigenvalue weighted by Crippen LogP contribution is 2.29. The largest absolute Gasteiger partial charge is 0.292 e. The van der Waals surface area contributed by atoms with Crippen molar-refractivity contribution in [1.82, 2.24) is 4.90 Å². The maximum Gasteiger partial charge on any atom is 0.182 e. The number of hydrogen-bond acceptors (Lipinski definition) is 2. The summed E-state index contributed by atoms with van der Waals surface area (Å²) in [6.45, 7) is 6.43. The second-order valence-corrected chi connectivity index (χ2v) is 5.77. The van der Waals surface area contributed by atoms with Crippen molar-refractivity contribution in [3.8, 4) is 0 Å². The van der Waals surface area contributed by atoms with E-state index in [-0.39, 0.29) is 11.3 Å². The summed E-state index contributed by atoms with van der Waals surface area (Å²) in [5.41, 5.74) is 0.528. The molecule has 0 aromatic heterocycles. The van der Waals surface area contributed by atoms with Crippen LogP contribution in [0.1, 0.15) is 56.3 Å². The minimum Gasteiger partial charge on any atom is -0.292 e. The van der Waals surface area contributed by atoms with Crippen molar-refractivity contribution in [2.75, 3.05) is 13.1 Å². The van der Waals surface area contributed by atoms with E-state index in [9.17, 15) is 4.79 Å². The van der Waals surface area contributed by atoms with E-state index in [0.717, 1.165) is 31.5 Å². The lowest BCUT2D eigenvalue weighted by Gasteiger charge is -2.42. The van der Waals surface area contributed by atoms with Crippen LogP contribution in [-0.2, 0) is 0 Å². The van der Waals surface area contributed by atoms with Crippen molar-refractivity contribution in [2.24, 2.45) is 0 Å². The molecule has 0 unspecified atom stereocenters. The first kappa shape index (κ1) is 14.3. The third-order valence-corrected chi connectivity index (χ3v) is 4.32. The molecule has 1 aromatic rings. The van der Waals surface area contributed by atoms with Gasteiger partial charge in [0, 0.05) is 5.56 Å². The van der Waals surface area contributed by atoms with E-state index in [1.54, 1.807) is 0 Å². The summed E-state index contributed by atoms with van der Waals surface area (Å²) in [5, 5.41) is 0. The molecule has 0 spiro atoms. The summed E-state index contributed by atoms with van der Waals surface area (Å²) in [6, 6.07) is 9.76. The Bertz CT molecular complexity index is 409. The Morgan fingerprint density at radius 3 is 2.37 bits per heavy atom. The highest BCUT2D eigenvalue weighted by atomic mass is 16.1. The average molecular weight is 259 g/mol. The molecule has 1 atom stereocenters. The number of nitrogens with zero attached hydrogens (tertiary/aromatic N) is 1. The fraction of sp³-hybridized carbons (Fsp3) is 0.588. The first-order valence-corrected chi connectivity index (χ1v) is 7.53. The second-order valence-electron chi connectivity index (χ2n) is 5.77. The van der Waals surface area contributed by atoms with Gasteiger partial charge in [-0.25, -0.2) is 0 Å². The van der Waals surface area contributed by atoms with Crippen molar-refractivity contribution >= 4 is 5.78 Å². The fourth-order valence-corrected chi connectivity index (χ4v) is 3.19. The number of hydrogen-bond donors (Lipinski definition) is 0. The summed E-state index contributed by atoms with van der Waals surface area (Å²) in [4.78, 5) is 15.3. The standard InChI is InChI=1S/C17H25NO/c1-3-12-17(2,18-13-8-5-9-14-18)16(19)15-10-6-4-7-11-15/h4,6-7,10-11H,3,5,8-9,12-14H2,1-2H3/t17-/m1/s1. The highest BCUT2D eigenvalue weighted by molar-refractivity contribution is 6.02. The smallest absolute Gasteiger partial charge is 0.182 e. The van der Waals surface area contributed by atoms with Crippen LogP contribution in [0.3, 0.4) is 0 Å². The minimum absolute atomic E-state index is 0.289. The molecule has 2 nitrogen and oxygen atoms in total. The first-order chi connectivity index (χ1) is 9.18. The van der Waals surface area contributed by atoms with Crippen molar-refractivity contribution in [3.63, 3.8) is 0 Å². The van der Waals surface area contributed by atoms with Crippen LogP contribution in [0, 0.1) is 0 Å². The average Bonchev–Trinajstić information content (AvgIpc) is 2.48. The number of rotatable bonds is 5. The number of piperidine rings is 1. The third kappa shape index (κ3) is 3.06. The van der Waals surface area contributed by atoms with Crippen LogP contribution in [0.5, 0.6) is 0 Å². The maximum absolute atomic E-state index is 12.9. The van der Waals surface area contributed by atoms with Crippen LogP contribution in [-0.4, -0.2) is 29.3 Å². The zero-order valence-electron chi connectivity index (χ0n) is 12.2.